The van der Waals surface area contributed by atoms with Crippen LogP contribution >= 0.6 is 0 Å². The van der Waals surface area contributed by atoms with Gasteiger partial charge in [-0.15, -0.1) is 0 Å². The van der Waals surface area contributed by atoms with Gasteiger partial charge in [0.05, 0.1) is 0 Å². The molecule has 2 aromatic rings. The lowest BCUT2D eigenvalue weighted by Crippen LogP contribution is -2.21. The number of amides is 1. The van der Waals surface area contributed by atoms with E-state index in [-0.39, 0.29) is 18.0 Å². The van der Waals surface area contributed by atoms with Crippen molar-refractivity contribution in [1.82, 2.24) is 5.32 Å². The SMILES string of the molecule is Cc1ccc(CNCCC(=O)Nc2ccc(F)c(F)c2)cc1. The van der Waals surface area contributed by atoms with Crippen LogP contribution in [0, 0.1) is 18.6 Å². The quantitative estimate of drug-likeness (QED) is 0.803. The highest BCUT2D eigenvalue weighted by Gasteiger charge is 2.06. The molecule has 0 spiro atoms. The van der Waals surface area contributed by atoms with Gasteiger partial charge in [0, 0.05) is 31.3 Å². The van der Waals surface area contributed by atoms with Crippen LogP contribution in [-0.4, -0.2) is 12.5 Å². The summed E-state index contributed by atoms with van der Waals surface area (Å²) in [7, 11) is 0. The minimum Gasteiger partial charge on any atom is -0.326 e. The molecule has 0 saturated carbocycles. The number of hydrogen-bond donors (Lipinski definition) is 2. The van der Waals surface area contributed by atoms with Crippen molar-refractivity contribution in [2.75, 3.05) is 11.9 Å². The second-order valence-electron chi connectivity index (χ2n) is 5.09. The molecule has 0 fully saturated rings. The molecule has 0 aliphatic rings. The van der Waals surface area contributed by atoms with E-state index in [9.17, 15) is 13.6 Å². The average molecular weight is 304 g/mol. The largest absolute Gasteiger partial charge is 0.326 e. The second-order valence-corrected chi connectivity index (χ2v) is 5.09. The molecule has 0 aliphatic carbocycles. The van der Waals surface area contributed by atoms with Crippen molar-refractivity contribution in [1.29, 1.82) is 0 Å². The molecule has 22 heavy (non-hydrogen) atoms. The highest BCUT2D eigenvalue weighted by atomic mass is 19.2. The Morgan fingerprint density at radius 3 is 2.45 bits per heavy atom. The third kappa shape index (κ3) is 4.93. The number of halogens is 2. The number of benzene rings is 2. The highest BCUT2D eigenvalue weighted by molar-refractivity contribution is 5.90. The summed E-state index contributed by atoms with van der Waals surface area (Å²) in [6, 6.07) is 11.4. The van der Waals surface area contributed by atoms with E-state index in [4.69, 9.17) is 0 Å². The van der Waals surface area contributed by atoms with Crippen LogP contribution in [0.5, 0.6) is 0 Å². The minimum absolute atomic E-state index is 0.248. The van der Waals surface area contributed by atoms with Crippen LogP contribution < -0.4 is 10.6 Å². The van der Waals surface area contributed by atoms with Crippen molar-refractivity contribution in [3.63, 3.8) is 0 Å². The molecule has 5 heteroatoms. The smallest absolute Gasteiger partial charge is 0.225 e. The topological polar surface area (TPSA) is 41.1 Å². The Labute approximate surface area is 128 Å². The lowest BCUT2D eigenvalue weighted by Gasteiger charge is -2.07. The van der Waals surface area contributed by atoms with Crippen LogP contribution in [0.25, 0.3) is 0 Å². The normalized spacial score (nSPS) is 10.5. The third-order valence-electron chi connectivity index (χ3n) is 3.18. The summed E-state index contributed by atoms with van der Waals surface area (Å²) in [5, 5.41) is 5.69. The summed E-state index contributed by atoms with van der Waals surface area (Å²) >= 11 is 0. The van der Waals surface area contributed by atoms with Crippen LogP contribution in [-0.2, 0) is 11.3 Å². The van der Waals surface area contributed by atoms with Gasteiger partial charge in [0.2, 0.25) is 5.91 Å². The zero-order valence-corrected chi connectivity index (χ0v) is 12.3. The van der Waals surface area contributed by atoms with E-state index in [0.717, 1.165) is 17.7 Å². The van der Waals surface area contributed by atoms with Crippen molar-refractivity contribution in [3.05, 3.63) is 65.2 Å². The zero-order valence-electron chi connectivity index (χ0n) is 12.3. The number of hydrogen-bond acceptors (Lipinski definition) is 2. The van der Waals surface area contributed by atoms with Gasteiger partial charge < -0.3 is 10.6 Å². The first-order valence-electron chi connectivity index (χ1n) is 7.06. The molecule has 0 heterocycles. The zero-order chi connectivity index (χ0) is 15.9. The van der Waals surface area contributed by atoms with Crippen LogP contribution in [0.15, 0.2) is 42.5 Å². The number of carbonyl (C=O) groups excluding carboxylic acids is 1. The summed E-state index contributed by atoms with van der Waals surface area (Å²) < 4.78 is 25.8. The van der Waals surface area contributed by atoms with Gasteiger partial charge in [-0.2, -0.15) is 0 Å². The molecule has 2 aromatic carbocycles. The van der Waals surface area contributed by atoms with Crippen molar-refractivity contribution in [3.8, 4) is 0 Å². The van der Waals surface area contributed by atoms with Crippen molar-refractivity contribution in [2.24, 2.45) is 0 Å². The van der Waals surface area contributed by atoms with E-state index in [1.165, 1.54) is 11.6 Å². The highest BCUT2D eigenvalue weighted by Crippen LogP contribution is 2.13. The Morgan fingerprint density at radius 2 is 1.77 bits per heavy atom. The molecular weight excluding hydrogens is 286 g/mol. The summed E-state index contributed by atoms with van der Waals surface area (Å²) in [5.74, 6) is -2.16. The van der Waals surface area contributed by atoms with Crippen LogP contribution in [0.2, 0.25) is 0 Å². The fraction of sp³-hybridized carbons (Fsp3) is 0.235. The van der Waals surface area contributed by atoms with E-state index in [0.29, 0.717) is 13.1 Å². The molecule has 2 N–H and O–H groups in total. The lowest BCUT2D eigenvalue weighted by molar-refractivity contribution is -0.116. The van der Waals surface area contributed by atoms with Crippen molar-refractivity contribution in [2.45, 2.75) is 19.9 Å². The lowest BCUT2D eigenvalue weighted by atomic mass is 10.1. The van der Waals surface area contributed by atoms with Gasteiger partial charge in [-0.25, -0.2) is 8.78 Å². The van der Waals surface area contributed by atoms with Gasteiger partial charge in [-0.05, 0) is 24.6 Å². The van der Waals surface area contributed by atoms with Crippen LogP contribution in [0.4, 0.5) is 14.5 Å². The van der Waals surface area contributed by atoms with Crippen LogP contribution in [0.1, 0.15) is 17.5 Å². The van der Waals surface area contributed by atoms with Crippen molar-refractivity contribution < 1.29 is 13.6 Å². The molecule has 3 nitrogen and oxygen atoms in total. The Balaban J connectivity index is 1.71. The number of nitrogens with one attached hydrogen (secondary N) is 2. The number of aryl methyl sites for hydroxylation is 1. The van der Waals surface area contributed by atoms with Gasteiger partial charge >= 0.3 is 0 Å². The van der Waals surface area contributed by atoms with Gasteiger partial charge in [-0.1, -0.05) is 29.8 Å². The first-order valence-corrected chi connectivity index (χ1v) is 7.06. The molecule has 0 aliphatic heterocycles. The van der Waals surface area contributed by atoms with Crippen molar-refractivity contribution >= 4 is 11.6 Å². The molecular formula is C17H18F2N2O. The Bertz CT molecular complexity index is 642. The summed E-state index contributed by atoms with van der Waals surface area (Å²) in [5.41, 5.74) is 2.60. The van der Waals surface area contributed by atoms with E-state index >= 15 is 0 Å². The Morgan fingerprint density at radius 1 is 1.05 bits per heavy atom. The van der Waals surface area contributed by atoms with E-state index in [2.05, 4.69) is 10.6 Å². The third-order valence-corrected chi connectivity index (χ3v) is 3.18. The molecule has 0 radical (unpaired) electrons. The van der Waals surface area contributed by atoms with E-state index in [1.54, 1.807) is 0 Å². The fourth-order valence-corrected chi connectivity index (χ4v) is 1.94. The monoisotopic (exact) mass is 304 g/mol. The molecule has 2 rings (SSSR count). The molecule has 0 atom stereocenters. The number of carbonyl (C=O) groups is 1. The number of rotatable bonds is 6. The van der Waals surface area contributed by atoms with Crippen LogP contribution in [0.3, 0.4) is 0 Å². The molecule has 0 bridgehead atoms. The Kier molecular flexibility index (Phi) is 5.61. The molecule has 116 valence electrons. The van der Waals surface area contributed by atoms with Gasteiger partial charge in [0.25, 0.3) is 0 Å². The maximum absolute atomic E-state index is 13.0. The second kappa shape index (κ2) is 7.66. The molecule has 0 saturated heterocycles. The summed E-state index contributed by atoms with van der Waals surface area (Å²) in [6.45, 7) is 3.21. The maximum Gasteiger partial charge on any atom is 0.225 e. The fourth-order valence-electron chi connectivity index (χ4n) is 1.94. The number of anilines is 1. The predicted molar refractivity (Wildman–Crippen MR) is 82.5 cm³/mol. The van der Waals surface area contributed by atoms with Gasteiger partial charge in [0.15, 0.2) is 11.6 Å². The standard InChI is InChI=1S/C17H18F2N2O/c1-12-2-4-13(5-3-12)11-20-9-8-17(22)21-14-6-7-15(18)16(19)10-14/h2-7,10,20H,8-9,11H2,1H3,(H,21,22). The Hall–Kier alpha value is -2.27. The van der Waals surface area contributed by atoms with E-state index in [1.807, 2.05) is 31.2 Å². The average Bonchev–Trinajstić information content (AvgIpc) is 2.49. The first-order chi connectivity index (χ1) is 10.5. The van der Waals surface area contributed by atoms with Gasteiger partial charge in [0.1, 0.15) is 0 Å². The molecule has 0 aromatic heterocycles. The molecule has 1 amide bonds. The van der Waals surface area contributed by atoms with Gasteiger partial charge in [-0.3, -0.25) is 4.79 Å². The summed E-state index contributed by atoms with van der Waals surface area (Å²) in [6.07, 6.45) is 0.255. The maximum atomic E-state index is 13.0. The summed E-state index contributed by atoms with van der Waals surface area (Å²) in [4.78, 5) is 11.7. The first kappa shape index (κ1) is 16.1. The van der Waals surface area contributed by atoms with E-state index < -0.39 is 11.6 Å². The molecule has 0 unspecified atom stereocenters. The minimum atomic E-state index is -0.977. The predicted octanol–water partition coefficient (Wildman–Crippen LogP) is 3.39.